The highest BCUT2D eigenvalue weighted by atomic mass is 79.9. The van der Waals surface area contributed by atoms with Gasteiger partial charge in [0, 0.05) is 0 Å². The van der Waals surface area contributed by atoms with Gasteiger partial charge < -0.3 is 5.32 Å². The topological polar surface area (TPSA) is 29.1 Å². The van der Waals surface area contributed by atoms with Crippen molar-refractivity contribution in [1.29, 1.82) is 0 Å². The lowest BCUT2D eigenvalue weighted by atomic mass is 10.2. The first kappa shape index (κ1) is 13.5. The zero-order chi connectivity index (χ0) is 13.7. The van der Waals surface area contributed by atoms with E-state index in [1.165, 1.54) is 12.1 Å². The van der Waals surface area contributed by atoms with E-state index in [9.17, 15) is 9.18 Å². The first-order valence-corrected chi connectivity index (χ1v) is 6.44. The third-order valence-corrected chi connectivity index (χ3v) is 3.02. The quantitative estimate of drug-likeness (QED) is 0.844. The Morgan fingerprint density at radius 2 is 1.68 bits per heavy atom. The predicted molar refractivity (Wildman–Crippen MR) is 78.4 cm³/mol. The number of carbonyl (C=O) groups excluding carboxylic acids is 1. The number of para-hydroxylation sites is 1. The highest BCUT2D eigenvalue weighted by Crippen LogP contribution is 2.17. The van der Waals surface area contributed by atoms with Gasteiger partial charge in [-0.2, -0.15) is 0 Å². The number of benzene rings is 2. The largest absolute Gasteiger partial charge is 0.319 e. The predicted octanol–water partition coefficient (Wildman–Crippen LogP) is 4.20. The fourth-order valence-corrected chi connectivity index (χ4v) is 1.87. The molecule has 1 amide bonds. The van der Waals surface area contributed by atoms with Crippen molar-refractivity contribution in [2.24, 2.45) is 0 Å². The van der Waals surface area contributed by atoms with Crippen molar-refractivity contribution >= 4 is 33.6 Å². The van der Waals surface area contributed by atoms with Crippen LogP contribution in [0.3, 0.4) is 0 Å². The first-order valence-electron chi connectivity index (χ1n) is 5.65. The summed E-state index contributed by atoms with van der Waals surface area (Å²) < 4.78 is 13.7. The number of amides is 1. The molecule has 0 atom stereocenters. The molecule has 0 bridgehead atoms. The van der Waals surface area contributed by atoms with Gasteiger partial charge in [0.2, 0.25) is 0 Å². The number of carbonyl (C=O) groups is 1. The van der Waals surface area contributed by atoms with Gasteiger partial charge in [0.05, 0.1) is 10.2 Å². The Balaban J connectivity index is 2.12. The number of halogens is 2. The Labute approximate surface area is 119 Å². The minimum Gasteiger partial charge on any atom is -0.319 e. The van der Waals surface area contributed by atoms with Crippen LogP contribution in [0.2, 0.25) is 0 Å². The average molecular weight is 320 g/mol. The van der Waals surface area contributed by atoms with E-state index in [1.807, 2.05) is 30.3 Å². The van der Waals surface area contributed by atoms with E-state index < -0.39 is 11.7 Å². The van der Waals surface area contributed by atoms with Gasteiger partial charge in [-0.3, -0.25) is 4.79 Å². The van der Waals surface area contributed by atoms with Crippen LogP contribution in [0.1, 0.15) is 5.56 Å². The summed E-state index contributed by atoms with van der Waals surface area (Å²) in [5.41, 5.74) is 1.05. The summed E-state index contributed by atoms with van der Waals surface area (Å²) >= 11 is 3.19. The minimum atomic E-state index is -0.462. The van der Waals surface area contributed by atoms with Crippen LogP contribution in [0.5, 0.6) is 0 Å². The molecule has 0 saturated carbocycles. The average Bonchev–Trinajstić information content (AvgIpc) is 2.42. The fourth-order valence-electron chi connectivity index (χ4n) is 1.51. The first-order chi connectivity index (χ1) is 9.16. The molecular formula is C15H11BrFNO. The second kappa shape index (κ2) is 6.29. The van der Waals surface area contributed by atoms with Gasteiger partial charge in [0.25, 0.3) is 5.91 Å². The zero-order valence-electron chi connectivity index (χ0n) is 9.94. The fraction of sp³-hybridized carbons (Fsp3) is 0. The van der Waals surface area contributed by atoms with Crippen LogP contribution in [0.15, 0.2) is 59.1 Å². The smallest absolute Gasteiger partial charge is 0.262 e. The Hall–Kier alpha value is -1.94. The molecule has 0 radical (unpaired) electrons. The zero-order valence-corrected chi connectivity index (χ0v) is 11.5. The van der Waals surface area contributed by atoms with Crippen molar-refractivity contribution in [3.05, 3.63) is 70.5 Å². The van der Waals surface area contributed by atoms with Gasteiger partial charge in [-0.25, -0.2) is 4.39 Å². The number of hydrogen-bond acceptors (Lipinski definition) is 1. The standard InChI is InChI=1S/C15H11BrFNO/c16-12(10-11-6-2-1-3-7-11)15(19)18-14-9-5-4-8-13(14)17/h1-10H,(H,18,19)/b12-10+. The van der Waals surface area contributed by atoms with Gasteiger partial charge >= 0.3 is 0 Å². The number of hydrogen-bond donors (Lipinski definition) is 1. The van der Waals surface area contributed by atoms with E-state index in [2.05, 4.69) is 21.2 Å². The summed E-state index contributed by atoms with van der Waals surface area (Å²) in [6, 6.07) is 15.4. The molecule has 4 heteroatoms. The van der Waals surface area contributed by atoms with Crippen molar-refractivity contribution in [3.8, 4) is 0 Å². The molecule has 19 heavy (non-hydrogen) atoms. The molecule has 2 aromatic rings. The van der Waals surface area contributed by atoms with Gasteiger partial charge in [0.15, 0.2) is 0 Å². The molecule has 2 rings (SSSR count). The van der Waals surface area contributed by atoms with Crippen LogP contribution in [-0.4, -0.2) is 5.91 Å². The molecule has 0 aliphatic rings. The Kier molecular flexibility index (Phi) is 4.47. The van der Waals surface area contributed by atoms with E-state index in [4.69, 9.17) is 0 Å². The van der Waals surface area contributed by atoms with Crippen LogP contribution in [0.25, 0.3) is 6.08 Å². The highest BCUT2D eigenvalue weighted by molar-refractivity contribution is 9.12. The monoisotopic (exact) mass is 319 g/mol. The van der Waals surface area contributed by atoms with Crippen molar-refractivity contribution in [3.63, 3.8) is 0 Å². The molecule has 2 nitrogen and oxygen atoms in total. The number of rotatable bonds is 3. The Morgan fingerprint density at radius 3 is 2.37 bits per heavy atom. The summed E-state index contributed by atoms with van der Waals surface area (Å²) in [4.78, 5) is 11.9. The summed E-state index contributed by atoms with van der Waals surface area (Å²) in [5, 5.41) is 2.50. The molecule has 0 aromatic heterocycles. The molecule has 96 valence electrons. The maximum absolute atomic E-state index is 13.4. The summed E-state index contributed by atoms with van der Waals surface area (Å²) in [5.74, 6) is -0.857. The maximum Gasteiger partial charge on any atom is 0.262 e. The van der Waals surface area contributed by atoms with Crippen LogP contribution < -0.4 is 5.32 Å². The van der Waals surface area contributed by atoms with E-state index in [0.29, 0.717) is 4.48 Å². The molecule has 0 aliphatic carbocycles. The van der Waals surface area contributed by atoms with Gasteiger partial charge in [-0.15, -0.1) is 0 Å². The molecule has 1 N–H and O–H groups in total. The van der Waals surface area contributed by atoms with Crippen LogP contribution in [-0.2, 0) is 4.79 Å². The van der Waals surface area contributed by atoms with Crippen LogP contribution >= 0.6 is 15.9 Å². The second-order valence-electron chi connectivity index (χ2n) is 3.84. The van der Waals surface area contributed by atoms with Crippen LogP contribution in [0.4, 0.5) is 10.1 Å². The van der Waals surface area contributed by atoms with E-state index >= 15 is 0 Å². The maximum atomic E-state index is 13.4. The molecule has 0 unspecified atom stereocenters. The molecule has 0 aliphatic heterocycles. The number of anilines is 1. The lowest BCUT2D eigenvalue weighted by molar-refractivity contribution is -0.112. The molecule has 2 aromatic carbocycles. The lowest BCUT2D eigenvalue weighted by Crippen LogP contribution is -2.12. The third kappa shape index (κ3) is 3.76. The molecule has 0 fully saturated rings. The molecular weight excluding hydrogens is 309 g/mol. The molecule has 0 saturated heterocycles. The van der Waals surface area contributed by atoms with E-state index in [0.717, 1.165) is 5.56 Å². The SMILES string of the molecule is O=C(Nc1ccccc1F)/C(Br)=C\c1ccccc1. The number of nitrogens with one attached hydrogen (secondary N) is 1. The van der Waals surface area contributed by atoms with Gasteiger partial charge in [-0.1, -0.05) is 42.5 Å². The summed E-state index contributed by atoms with van der Waals surface area (Å²) in [7, 11) is 0. The van der Waals surface area contributed by atoms with E-state index in [-0.39, 0.29) is 5.69 Å². The second-order valence-corrected chi connectivity index (χ2v) is 4.69. The van der Waals surface area contributed by atoms with Crippen molar-refractivity contribution < 1.29 is 9.18 Å². The van der Waals surface area contributed by atoms with E-state index in [1.54, 1.807) is 18.2 Å². The summed E-state index contributed by atoms with van der Waals surface area (Å²) in [6.45, 7) is 0. The molecule has 0 heterocycles. The third-order valence-electron chi connectivity index (χ3n) is 2.43. The molecule has 0 spiro atoms. The van der Waals surface area contributed by atoms with Gasteiger partial charge in [-0.05, 0) is 39.7 Å². The normalized spacial score (nSPS) is 11.2. The minimum absolute atomic E-state index is 0.158. The van der Waals surface area contributed by atoms with Gasteiger partial charge in [0.1, 0.15) is 5.82 Å². The lowest BCUT2D eigenvalue weighted by Gasteiger charge is -2.05. The Bertz CT molecular complexity index is 611. The van der Waals surface area contributed by atoms with Crippen molar-refractivity contribution in [2.75, 3.05) is 5.32 Å². The Morgan fingerprint density at radius 1 is 1.05 bits per heavy atom. The summed E-state index contributed by atoms with van der Waals surface area (Å²) in [6.07, 6.45) is 1.68. The van der Waals surface area contributed by atoms with Crippen molar-refractivity contribution in [1.82, 2.24) is 0 Å². The van der Waals surface area contributed by atoms with Crippen molar-refractivity contribution in [2.45, 2.75) is 0 Å². The van der Waals surface area contributed by atoms with Crippen LogP contribution in [0, 0.1) is 5.82 Å². The highest BCUT2D eigenvalue weighted by Gasteiger charge is 2.09.